The Kier molecular flexibility index (Phi) is 3.02. The number of carbonyl (C=O) groups is 2. The number of carboxylic acid groups (broad SMARTS) is 1. The smallest absolute Gasteiger partial charge is 0.307 e. The number of methoxy groups -OCH3 is 1. The van der Waals surface area contributed by atoms with E-state index in [0.29, 0.717) is 25.4 Å². The molecule has 0 aromatic rings. The van der Waals surface area contributed by atoms with Gasteiger partial charge in [0.1, 0.15) is 5.78 Å². The normalized spacial score (nSPS) is 45.5. The van der Waals surface area contributed by atoms with Gasteiger partial charge in [0.05, 0.1) is 12.5 Å². The number of aliphatic carboxylic acids is 1. The van der Waals surface area contributed by atoms with Gasteiger partial charge in [-0.3, -0.25) is 9.59 Å². The van der Waals surface area contributed by atoms with E-state index in [0.717, 1.165) is 12.8 Å². The highest BCUT2D eigenvalue weighted by atomic mass is 16.5. The summed E-state index contributed by atoms with van der Waals surface area (Å²) in [5.74, 6) is -0.350. The summed E-state index contributed by atoms with van der Waals surface area (Å²) in [7, 11) is 1.60. The number of Topliss-reactive ketones (excluding diaryl/α,β-unsaturated/α-hetero) is 1. The van der Waals surface area contributed by atoms with E-state index >= 15 is 0 Å². The van der Waals surface area contributed by atoms with Crippen LogP contribution < -0.4 is 0 Å². The zero-order valence-electron chi connectivity index (χ0n) is 12.5. The van der Waals surface area contributed by atoms with Crippen LogP contribution in [-0.4, -0.2) is 30.6 Å². The Morgan fingerprint density at radius 3 is 2.65 bits per heavy atom. The second kappa shape index (κ2) is 4.30. The minimum absolute atomic E-state index is 0.140. The number of ether oxygens (including phenoxy) is 1. The van der Waals surface area contributed by atoms with Gasteiger partial charge in [0.15, 0.2) is 0 Å². The number of carbonyl (C=O) groups excluding carboxylic acids is 1. The lowest BCUT2D eigenvalue weighted by molar-refractivity contribution is -0.153. The Bertz CT molecular complexity index is 455. The van der Waals surface area contributed by atoms with Crippen LogP contribution in [0.3, 0.4) is 0 Å². The molecule has 0 saturated heterocycles. The maximum Gasteiger partial charge on any atom is 0.307 e. The average molecular weight is 280 g/mol. The van der Waals surface area contributed by atoms with Crippen LogP contribution in [0, 0.1) is 34.5 Å². The quantitative estimate of drug-likeness (QED) is 0.862. The van der Waals surface area contributed by atoms with Crippen molar-refractivity contribution in [3.05, 3.63) is 0 Å². The van der Waals surface area contributed by atoms with Gasteiger partial charge in [-0.05, 0) is 41.9 Å². The maximum absolute atomic E-state index is 12.4. The minimum Gasteiger partial charge on any atom is -0.481 e. The number of rotatable bonds is 3. The van der Waals surface area contributed by atoms with Crippen molar-refractivity contribution in [3.8, 4) is 0 Å². The molecule has 0 spiro atoms. The molecule has 2 bridgehead atoms. The predicted octanol–water partition coefficient (Wildman–Crippen LogP) is 2.37. The van der Waals surface area contributed by atoms with Crippen LogP contribution in [0.2, 0.25) is 0 Å². The van der Waals surface area contributed by atoms with Crippen molar-refractivity contribution >= 4 is 11.8 Å². The maximum atomic E-state index is 12.4. The molecule has 5 atom stereocenters. The second-order valence-corrected chi connectivity index (χ2v) is 7.64. The predicted molar refractivity (Wildman–Crippen MR) is 73.2 cm³/mol. The Labute approximate surface area is 119 Å². The van der Waals surface area contributed by atoms with Crippen molar-refractivity contribution in [2.45, 2.75) is 39.5 Å². The Hall–Kier alpha value is -0.900. The fourth-order valence-electron chi connectivity index (χ4n) is 5.94. The van der Waals surface area contributed by atoms with E-state index < -0.39 is 5.97 Å². The lowest BCUT2D eigenvalue weighted by Crippen LogP contribution is -2.46. The third kappa shape index (κ3) is 1.57. The van der Waals surface area contributed by atoms with Gasteiger partial charge in [-0.15, -0.1) is 0 Å². The summed E-state index contributed by atoms with van der Waals surface area (Å²) < 4.78 is 5.27. The molecule has 0 heterocycles. The molecule has 3 rings (SSSR count). The Morgan fingerprint density at radius 1 is 1.35 bits per heavy atom. The van der Waals surface area contributed by atoms with Gasteiger partial charge in [-0.25, -0.2) is 0 Å². The molecule has 3 aliphatic carbocycles. The number of hydrogen-bond donors (Lipinski definition) is 1. The molecule has 3 aliphatic rings. The van der Waals surface area contributed by atoms with Crippen LogP contribution in [0.15, 0.2) is 0 Å². The van der Waals surface area contributed by atoms with Gasteiger partial charge in [0.2, 0.25) is 0 Å². The molecule has 4 nitrogen and oxygen atoms in total. The first-order chi connectivity index (χ1) is 9.34. The van der Waals surface area contributed by atoms with Crippen LogP contribution in [0.25, 0.3) is 0 Å². The van der Waals surface area contributed by atoms with Gasteiger partial charge in [-0.1, -0.05) is 13.8 Å². The molecule has 1 unspecified atom stereocenters. The first-order valence-corrected chi connectivity index (χ1v) is 7.59. The molecular weight excluding hydrogens is 256 g/mol. The molecule has 4 heteroatoms. The third-order valence-corrected chi connectivity index (χ3v) is 6.45. The molecule has 112 valence electrons. The lowest BCUT2D eigenvalue weighted by Gasteiger charge is -2.43. The fraction of sp³-hybridized carbons (Fsp3) is 0.875. The van der Waals surface area contributed by atoms with E-state index in [1.54, 1.807) is 7.11 Å². The van der Waals surface area contributed by atoms with Crippen molar-refractivity contribution in [1.29, 1.82) is 0 Å². The summed E-state index contributed by atoms with van der Waals surface area (Å²) in [5.41, 5.74) is -0.215. The second-order valence-electron chi connectivity index (χ2n) is 7.64. The first kappa shape index (κ1) is 14.1. The average Bonchev–Trinajstić information content (AvgIpc) is 2.67. The summed E-state index contributed by atoms with van der Waals surface area (Å²) in [6, 6.07) is 0. The van der Waals surface area contributed by atoms with E-state index in [2.05, 4.69) is 13.8 Å². The standard InChI is InChI=1S/C16H24O4/c1-15(2)8-16-10(14(18)19)5-4-9(15)11(16)6-13(17)12(16)7-20-3/h9-12H,4-8H2,1-3H3,(H,18,19)/t9?,10-,11+,12+,16+/m1/s1. The van der Waals surface area contributed by atoms with E-state index in [4.69, 9.17) is 4.74 Å². The number of carboxylic acids is 1. The van der Waals surface area contributed by atoms with E-state index in [1.807, 2.05) is 0 Å². The van der Waals surface area contributed by atoms with Crippen molar-refractivity contribution in [3.63, 3.8) is 0 Å². The summed E-state index contributed by atoms with van der Waals surface area (Å²) >= 11 is 0. The summed E-state index contributed by atoms with van der Waals surface area (Å²) in [6.07, 6.45) is 3.08. The monoisotopic (exact) mass is 280 g/mol. The van der Waals surface area contributed by atoms with E-state index in [-0.39, 0.29) is 34.4 Å². The van der Waals surface area contributed by atoms with Gasteiger partial charge in [-0.2, -0.15) is 0 Å². The van der Waals surface area contributed by atoms with Crippen LogP contribution in [0.5, 0.6) is 0 Å². The molecule has 0 aromatic carbocycles. The highest BCUT2D eigenvalue weighted by Crippen LogP contribution is 2.72. The molecule has 0 radical (unpaired) electrons. The van der Waals surface area contributed by atoms with E-state index in [9.17, 15) is 14.7 Å². The molecule has 1 N–H and O–H groups in total. The third-order valence-electron chi connectivity index (χ3n) is 6.45. The lowest BCUT2D eigenvalue weighted by atomic mass is 9.59. The molecule has 3 saturated carbocycles. The van der Waals surface area contributed by atoms with Crippen molar-refractivity contribution in [1.82, 2.24) is 0 Å². The summed E-state index contributed by atoms with van der Waals surface area (Å²) in [5, 5.41) is 9.69. The number of ketones is 1. The van der Waals surface area contributed by atoms with E-state index in [1.165, 1.54) is 0 Å². The van der Waals surface area contributed by atoms with Crippen molar-refractivity contribution in [2.24, 2.45) is 34.5 Å². The molecule has 20 heavy (non-hydrogen) atoms. The Morgan fingerprint density at radius 2 is 2.05 bits per heavy atom. The molecule has 3 fully saturated rings. The summed E-state index contributed by atoms with van der Waals surface area (Å²) in [6.45, 7) is 4.87. The fourth-order valence-corrected chi connectivity index (χ4v) is 5.94. The van der Waals surface area contributed by atoms with Gasteiger partial charge >= 0.3 is 5.97 Å². The van der Waals surface area contributed by atoms with Crippen LogP contribution in [0.1, 0.15) is 39.5 Å². The SMILES string of the molecule is COC[C@H]1C(=O)C[C@H]2C3CC[C@H](C(=O)O)[C@]12CC3(C)C. The molecule has 0 aromatic heterocycles. The molecule has 0 amide bonds. The minimum atomic E-state index is -0.720. The van der Waals surface area contributed by atoms with Crippen molar-refractivity contribution in [2.75, 3.05) is 13.7 Å². The van der Waals surface area contributed by atoms with Crippen LogP contribution >= 0.6 is 0 Å². The van der Waals surface area contributed by atoms with Gasteiger partial charge in [0, 0.05) is 19.4 Å². The largest absolute Gasteiger partial charge is 0.481 e. The first-order valence-electron chi connectivity index (χ1n) is 7.59. The van der Waals surface area contributed by atoms with Crippen LogP contribution in [-0.2, 0) is 14.3 Å². The van der Waals surface area contributed by atoms with Crippen molar-refractivity contribution < 1.29 is 19.4 Å². The zero-order chi connectivity index (χ0) is 14.7. The molecular formula is C16H24O4. The topological polar surface area (TPSA) is 63.6 Å². The van der Waals surface area contributed by atoms with Crippen LogP contribution in [0.4, 0.5) is 0 Å². The highest BCUT2D eigenvalue weighted by molar-refractivity contribution is 5.87. The van der Waals surface area contributed by atoms with Gasteiger partial charge in [0.25, 0.3) is 0 Å². The van der Waals surface area contributed by atoms with Gasteiger partial charge < -0.3 is 9.84 Å². The Balaban J connectivity index is 2.10. The zero-order valence-corrected chi connectivity index (χ0v) is 12.5. The number of hydrogen-bond acceptors (Lipinski definition) is 3. The summed E-state index contributed by atoms with van der Waals surface area (Å²) in [4.78, 5) is 24.2. The molecule has 0 aliphatic heterocycles. The highest BCUT2D eigenvalue weighted by Gasteiger charge is 2.71.